The van der Waals surface area contributed by atoms with E-state index in [1.54, 1.807) is 0 Å². The quantitative estimate of drug-likeness (QED) is 0.418. The summed E-state index contributed by atoms with van der Waals surface area (Å²) in [5.41, 5.74) is -1.21. The molecule has 0 aromatic rings. The van der Waals surface area contributed by atoms with Crippen LogP contribution in [-0.4, -0.2) is 11.2 Å². The van der Waals surface area contributed by atoms with Crippen LogP contribution in [0.2, 0.25) is 0 Å². The van der Waals surface area contributed by atoms with Gasteiger partial charge in [0, 0.05) is 0 Å². The second-order valence-electron chi connectivity index (χ2n) is 7.59. The van der Waals surface area contributed by atoms with E-state index in [2.05, 4.69) is 53.4 Å². The lowest BCUT2D eigenvalue weighted by Crippen LogP contribution is -2.52. The van der Waals surface area contributed by atoms with Crippen LogP contribution in [0, 0.1) is 16.2 Å². The standard InChI is InChI=1S/C16H32O3/c1-8-9-10-11-12-16(13(17)19-18,14(2,3)4)15(5,6)7/h18H,8-12H2,1-7H3. The van der Waals surface area contributed by atoms with Gasteiger partial charge in [-0.3, -0.25) is 0 Å². The molecule has 0 saturated heterocycles. The fourth-order valence-electron chi connectivity index (χ4n) is 3.48. The van der Waals surface area contributed by atoms with Crippen molar-refractivity contribution >= 4 is 5.97 Å². The molecule has 0 spiro atoms. The Bertz CT molecular complexity index is 267. The summed E-state index contributed by atoms with van der Waals surface area (Å²) < 4.78 is 0. The highest BCUT2D eigenvalue weighted by Crippen LogP contribution is 2.55. The number of unbranched alkanes of at least 4 members (excludes halogenated alkanes) is 3. The summed E-state index contributed by atoms with van der Waals surface area (Å²) in [4.78, 5) is 16.5. The Morgan fingerprint density at radius 1 is 0.947 bits per heavy atom. The summed E-state index contributed by atoms with van der Waals surface area (Å²) in [6.07, 6.45) is 5.20. The molecule has 0 amide bonds. The second kappa shape index (κ2) is 6.74. The average molecular weight is 272 g/mol. The molecule has 0 atom stereocenters. The largest absolute Gasteiger partial charge is 0.349 e. The molecule has 0 rings (SSSR count). The van der Waals surface area contributed by atoms with Crippen LogP contribution >= 0.6 is 0 Å². The Balaban J connectivity index is 5.35. The van der Waals surface area contributed by atoms with Gasteiger partial charge >= 0.3 is 5.97 Å². The first-order valence-corrected chi connectivity index (χ1v) is 7.40. The third-order valence-electron chi connectivity index (χ3n) is 4.40. The maximum absolute atomic E-state index is 12.3. The molecule has 3 nitrogen and oxygen atoms in total. The van der Waals surface area contributed by atoms with Crippen molar-refractivity contribution in [1.29, 1.82) is 0 Å². The highest BCUT2D eigenvalue weighted by Gasteiger charge is 2.57. The Labute approximate surface area is 118 Å². The summed E-state index contributed by atoms with van der Waals surface area (Å²) in [7, 11) is 0. The van der Waals surface area contributed by atoms with Gasteiger partial charge in [-0.25, -0.2) is 4.79 Å². The molecule has 0 unspecified atom stereocenters. The van der Waals surface area contributed by atoms with Gasteiger partial charge in [0.2, 0.25) is 0 Å². The van der Waals surface area contributed by atoms with E-state index in [-0.39, 0.29) is 10.8 Å². The van der Waals surface area contributed by atoms with Crippen LogP contribution < -0.4 is 0 Å². The van der Waals surface area contributed by atoms with Crippen molar-refractivity contribution in [3.05, 3.63) is 0 Å². The Hall–Kier alpha value is -0.570. The summed E-state index contributed by atoms with van der Waals surface area (Å²) in [5.74, 6) is -0.496. The van der Waals surface area contributed by atoms with Gasteiger partial charge in [-0.2, -0.15) is 5.26 Å². The van der Waals surface area contributed by atoms with Crippen LogP contribution in [0.1, 0.15) is 80.6 Å². The van der Waals surface area contributed by atoms with Crippen molar-refractivity contribution in [2.45, 2.75) is 80.6 Å². The van der Waals surface area contributed by atoms with Crippen LogP contribution in [-0.2, 0) is 9.68 Å². The zero-order valence-electron chi connectivity index (χ0n) is 13.8. The van der Waals surface area contributed by atoms with E-state index in [0.717, 1.165) is 19.3 Å². The molecule has 0 aliphatic rings. The molecule has 0 saturated carbocycles. The summed E-state index contributed by atoms with van der Waals surface area (Å²) in [6, 6.07) is 0. The van der Waals surface area contributed by atoms with Gasteiger partial charge in [-0.05, 0) is 17.3 Å². The first-order chi connectivity index (χ1) is 8.54. The molecule has 3 heteroatoms. The van der Waals surface area contributed by atoms with E-state index >= 15 is 0 Å². The second-order valence-corrected chi connectivity index (χ2v) is 7.59. The molecular formula is C16H32O3. The highest BCUT2D eigenvalue weighted by molar-refractivity contribution is 5.78. The Morgan fingerprint density at radius 3 is 1.74 bits per heavy atom. The van der Waals surface area contributed by atoms with Crippen molar-refractivity contribution < 1.29 is 14.9 Å². The van der Waals surface area contributed by atoms with Crippen LogP contribution in [0.15, 0.2) is 0 Å². The van der Waals surface area contributed by atoms with Crippen molar-refractivity contribution in [3.63, 3.8) is 0 Å². The van der Waals surface area contributed by atoms with E-state index in [4.69, 9.17) is 5.26 Å². The van der Waals surface area contributed by atoms with E-state index in [1.807, 2.05) is 0 Å². The van der Waals surface area contributed by atoms with Crippen molar-refractivity contribution in [2.75, 3.05) is 0 Å². The number of hydrogen-bond acceptors (Lipinski definition) is 3. The predicted molar refractivity (Wildman–Crippen MR) is 78.8 cm³/mol. The molecule has 0 fully saturated rings. The first kappa shape index (κ1) is 18.4. The van der Waals surface area contributed by atoms with Crippen LogP contribution in [0.3, 0.4) is 0 Å². The van der Waals surface area contributed by atoms with E-state index in [0.29, 0.717) is 0 Å². The van der Waals surface area contributed by atoms with Gasteiger partial charge in [0.25, 0.3) is 0 Å². The van der Waals surface area contributed by atoms with Crippen molar-refractivity contribution in [2.24, 2.45) is 16.2 Å². The molecule has 0 heterocycles. The minimum Gasteiger partial charge on any atom is -0.300 e. The third-order valence-corrected chi connectivity index (χ3v) is 4.40. The smallest absolute Gasteiger partial charge is 0.300 e. The molecular weight excluding hydrogens is 240 g/mol. The average Bonchev–Trinajstić information content (AvgIpc) is 2.24. The topological polar surface area (TPSA) is 46.5 Å². The fraction of sp³-hybridized carbons (Fsp3) is 0.938. The van der Waals surface area contributed by atoms with E-state index in [1.165, 1.54) is 12.8 Å². The van der Waals surface area contributed by atoms with Gasteiger partial charge in [0.05, 0.1) is 5.41 Å². The summed E-state index contributed by atoms with van der Waals surface area (Å²) >= 11 is 0. The van der Waals surface area contributed by atoms with Gasteiger partial charge < -0.3 is 4.89 Å². The number of carbonyl (C=O) groups excluding carboxylic acids is 1. The molecule has 0 aromatic carbocycles. The van der Waals surface area contributed by atoms with Gasteiger partial charge in [-0.15, -0.1) is 0 Å². The molecule has 114 valence electrons. The monoisotopic (exact) mass is 272 g/mol. The third kappa shape index (κ3) is 3.95. The molecule has 0 aliphatic heterocycles. The molecule has 0 aliphatic carbocycles. The summed E-state index contributed by atoms with van der Waals surface area (Å²) in [5, 5.41) is 8.95. The van der Waals surface area contributed by atoms with Gasteiger partial charge in [-0.1, -0.05) is 74.1 Å². The minimum atomic E-state index is -0.678. The van der Waals surface area contributed by atoms with Gasteiger partial charge in [0.15, 0.2) is 0 Å². The minimum absolute atomic E-state index is 0.267. The normalized spacial score (nSPS) is 13.5. The fourth-order valence-corrected chi connectivity index (χ4v) is 3.48. The van der Waals surface area contributed by atoms with E-state index in [9.17, 15) is 4.79 Å². The lowest BCUT2D eigenvalue weighted by molar-refractivity contribution is -0.260. The number of hydrogen-bond donors (Lipinski definition) is 1. The van der Waals surface area contributed by atoms with Crippen LogP contribution in [0.25, 0.3) is 0 Å². The van der Waals surface area contributed by atoms with E-state index < -0.39 is 11.4 Å². The molecule has 0 bridgehead atoms. The Kier molecular flexibility index (Phi) is 6.53. The highest BCUT2D eigenvalue weighted by atomic mass is 17.1. The predicted octanol–water partition coefficient (Wildman–Crippen LogP) is 5.05. The first-order valence-electron chi connectivity index (χ1n) is 7.40. The molecule has 1 N–H and O–H groups in total. The summed E-state index contributed by atoms with van der Waals surface area (Å²) in [6.45, 7) is 14.5. The van der Waals surface area contributed by atoms with Crippen LogP contribution in [0.4, 0.5) is 0 Å². The zero-order valence-corrected chi connectivity index (χ0v) is 13.8. The molecule has 0 aromatic heterocycles. The molecule has 0 radical (unpaired) electrons. The van der Waals surface area contributed by atoms with Gasteiger partial charge in [0.1, 0.15) is 0 Å². The Morgan fingerprint density at radius 2 is 1.42 bits per heavy atom. The lowest BCUT2D eigenvalue weighted by Gasteiger charge is -2.50. The van der Waals surface area contributed by atoms with Crippen molar-refractivity contribution in [3.8, 4) is 0 Å². The number of carbonyl (C=O) groups is 1. The maximum Gasteiger partial charge on any atom is 0.349 e. The van der Waals surface area contributed by atoms with Crippen LogP contribution in [0.5, 0.6) is 0 Å². The lowest BCUT2D eigenvalue weighted by atomic mass is 9.52. The zero-order chi connectivity index (χ0) is 15.3. The SMILES string of the molecule is CCCCCCC(C(=O)OO)(C(C)(C)C)C(C)(C)C. The number of rotatable bonds is 6. The molecule has 19 heavy (non-hydrogen) atoms. The van der Waals surface area contributed by atoms with Crippen molar-refractivity contribution in [1.82, 2.24) is 0 Å². The maximum atomic E-state index is 12.3.